The van der Waals surface area contributed by atoms with E-state index in [0.717, 1.165) is 24.9 Å². The van der Waals surface area contributed by atoms with Gasteiger partial charge in [-0.2, -0.15) is 0 Å². The van der Waals surface area contributed by atoms with Crippen molar-refractivity contribution in [2.45, 2.75) is 13.3 Å². The zero-order valence-electron chi connectivity index (χ0n) is 10.6. The van der Waals surface area contributed by atoms with Crippen LogP contribution in [0.3, 0.4) is 0 Å². The maximum Gasteiger partial charge on any atom is 0.130 e. The highest BCUT2D eigenvalue weighted by Crippen LogP contribution is 2.29. The van der Waals surface area contributed by atoms with E-state index in [1.54, 1.807) is 6.07 Å². The molecule has 1 atom stereocenters. The highest BCUT2D eigenvalue weighted by molar-refractivity contribution is 5.62. The van der Waals surface area contributed by atoms with Crippen molar-refractivity contribution >= 4 is 12.0 Å². The topological polar surface area (TPSA) is 29.5 Å². The third kappa shape index (κ3) is 2.70. The SMILES string of the molecule is CCN(CC1(C=O)CCOC1)c1cccc(F)c1. The Hall–Kier alpha value is -1.42. The number of hydrogen-bond donors (Lipinski definition) is 0. The van der Waals surface area contributed by atoms with Gasteiger partial charge in [0.1, 0.15) is 12.1 Å². The molecule has 1 unspecified atom stereocenters. The van der Waals surface area contributed by atoms with E-state index < -0.39 is 5.41 Å². The summed E-state index contributed by atoms with van der Waals surface area (Å²) in [6.45, 7) is 4.40. The van der Waals surface area contributed by atoms with Crippen molar-refractivity contribution in [3.8, 4) is 0 Å². The fourth-order valence-electron chi connectivity index (χ4n) is 2.32. The number of hydrogen-bond acceptors (Lipinski definition) is 3. The summed E-state index contributed by atoms with van der Waals surface area (Å²) in [6, 6.07) is 6.47. The second-order valence-corrected chi connectivity index (χ2v) is 4.78. The van der Waals surface area contributed by atoms with Gasteiger partial charge in [0.2, 0.25) is 0 Å². The van der Waals surface area contributed by atoms with Crippen molar-refractivity contribution in [1.82, 2.24) is 0 Å². The van der Waals surface area contributed by atoms with E-state index in [0.29, 0.717) is 19.8 Å². The molecule has 4 heteroatoms. The fourth-order valence-corrected chi connectivity index (χ4v) is 2.32. The predicted molar refractivity (Wildman–Crippen MR) is 68.2 cm³/mol. The van der Waals surface area contributed by atoms with Gasteiger partial charge in [0, 0.05) is 25.4 Å². The van der Waals surface area contributed by atoms with Crippen LogP contribution in [0.15, 0.2) is 24.3 Å². The van der Waals surface area contributed by atoms with Crippen molar-refractivity contribution in [1.29, 1.82) is 0 Å². The lowest BCUT2D eigenvalue weighted by atomic mass is 9.88. The Balaban J connectivity index is 2.16. The first-order valence-electron chi connectivity index (χ1n) is 6.24. The first-order valence-corrected chi connectivity index (χ1v) is 6.24. The lowest BCUT2D eigenvalue weighted by Gasteiger charge is -2.31. The summed E-state index contributed by atoms with van der Waals surface area (Å²) in [5.74, 6) is -0.256. The van der Waals surface area contributed by atoms with Crippen LogP contribution in [-0.2, 0) is 9.53 Å². The Morgan fingerprint density at radius 2 is 2.39 bits per heavy atom. The summed E-state index contributed by atoms with van der Waals surface area (Å²) in [5, 5.41) is 0. The predicted octanol–water partition coefficient (Wildman–Crippen LogP) is 2.26. The molecule has 0 aromatic heterocycles. The molecule has 1 aromatic rings. The van der Waals surface area contributed by atoms with Crippen LogP contribution in [0.2, 0.25) is 0 Å². The number of aldehydes is 1. The number of benzene rings is 1. The van der Waals surface area contributed by atoms with Crippen LogP contribution in [0.5, 0.6) is 0 Å². The Labute approximate surface area is 107 Å². The van der Waals surface area contributed by atoms with Gasteiger partial charge in [0.15, 0.2) is 0 Å². The molecule has 3 nitrogen and oxygen atoms in total. The number of halogens is 1. The van der Waals surface area contributed by atoms with E-state index >= 15 is 0 Å². The third-order valence-corrected chi connectivity index (χ3v) is 3.44. The number of anilines is 1. The second kappa shape index (κ2) is 5.48. The van der Waals surface area contributed by atoms with E-state index in [1.807, 2.05) is 17.9 Å². The zero-order chi connectivity index (χ0) is 13.0. The van der Waals surface area contributed by atoms with Crippen molar-refractivity contribution < 1.29 is 13.9 Å². The van der Waals surface area contributed by atoms with Crippen molar-refractivity contribution in [2.75, 3.05) is 31.2 Å². The monoisotopic (exact) mass is 251 g/mol. The minimum atomic E-state index is -0.442. The summed E-state index contributed by atoms with van der Waals surface area (Å²) in [5.41, 5.74) is 0.369. The summed E-state index contributed by atoms with van der Waals surface area (Å²) in [7, 11) is 0. The molecular weight excluding hydrogens is 233 g/mol. The summed E-state index contributed by atoms with van der Waals surface area (Å²) in [4.78, 5) is 13.3. The van der Waals surface area contributed by atoms with Gasteiger partial charge >= 0.3 is 0 Å². The molecule has 0 saturated carbocycles. The summed E-state index contributed by atoms with van der Waals surface area (Å²) in [6.07, 6.45) is 1.73. The fraction of sp³-hybridized carbons (Fsp3) is 0.500. The average Bonchev–Trinajstić information content (AvgIpc) is 2.85. The quantitative estimate of drug-likeness (QED) is 0.752. The van der Waals surface area contributed by atoms with Gasteiger partial charge in [0.25, 0.3) is 0 Å². The molecule has 1 aliphatic rings. The van der Waals surface area contributed by atoms with E-state index in [2.05, 4.69) is 0 Å². The van der Waals surface area contributed by atoms with Gasteiger partial charge < -0.3 is 14.4 Å². The molecule has 0 N–H and O–H groups in total. The molecule has 0 radical (unpaired) electrons. The first-order chi connectivity index (χ1) is 8.69. The molecule has 0 amide bonds. The first kappa shape index (κ1) is 13.0. The lowest BCUT2D eigenvalue weighted by Crippen LogP contribution is -2.39. The number of ether oxygens (including phenoxy) is 1. The smallest absolute Gasteiger partial charge is 0.130 e. The van der Waals surface area contributed by atoms with Crippen molar-refractivity contribution in [2.24, 2.45) is 5.41 Å². The lowest BCUT2D eigenvalue weighted by molar-refractivity contribution is -0.115. The molecule has 0 aliphatic carbocycles. The molecule has 1 heterocycles. The standard InChI is InChI=1S/C14H18FNO2/c1-2-16(13-5-3-4-12(15)8-13)9-14(10-17)6-7-18-11-14/h3-5,8,10H,2,6-7,9,11H2,1H3. The highest BCUT2D eigenvalue weighted by Gasteiger charge is 2.36. The van der Waals surface area contributed by atoms with E-state index in [9.17, 15) is 9.18 Å². The van der Waals surface area contributed by atoms with Crippen molar-refractivity contribution in [3.05, 3.63) is 30.1 Å². The number of carbonyl (C=O) groups excluding carboxylic acids is 1. The van der Waals surface area contributed by atoms with E-state index in [-0.39, 0.29) is 5.82 Å². The average molecular weight is 251 g/mol. The van der Waals surface area contributed by atoms with Crippen LogP contribution in [0.4, 0.5) is 10.1 Å². The molecule has 2 rings (SSSR count). The molecular formula is C14H18FNO2. The van der Waals surface area contributed by atoms with Crippen LogP contribution in [0.1, 0.15) is 13.3 Å². The maximum absolute atomic E-state index is 13.2. The Morgan fingerprint density at radius 3 is 2.94 bits per heavy atom. The maximum atomic E-state index is 13.2. The third-order valence-electron chi connectivity index (χ3n) is 3.44. The second-order valence-electron chi connectivity index (χ2n) is 4.78. The summed E-state index contributed by atoms with van der Waals surface area (Å²) < 4.78 is 18.6. The van der Waals surface area contributed by atoms with Crippen LogP contribution in [0, 0.1) is 11.2 Å². The van der Waals surface area contributed by atoms with Gasteiger partial charge in [-0.3, -0.25) is 0 Å². The van der Waals surface area contributed by atoms with Crippen LogP contribution >= 0.6 is 0 Å². The Kier molecular flexibility index (Phi) is 3.97. The van der Waals surface area contributed by atoms with Crippen LogP contribution in [-0.4, -0.2) is 32.6 Å². The largest absolute Gasteiger partial charge is 0.380 e. The highest BCUT2D eigenvalue weighted by atomic mass is 19.1. The molecule has 98 valence electrons. The summed E-state index contributed by atoms with van der Waals surface area (Å²) >= 11 is 0. The molecule has 1 aliphatic heterocycles. The van der Waals surface area contributed by atoms with Crippen LogP contribution in [0.25, 0.3) is 0 Å². The van der Waals surface area contributed by atoms with Gasteiger partial charge in [-0.15, -0.1) is 0 Å². The van der Waals surface area contributed by atoms with Gasteiger partial charge in [0.05, 0.1) is 12.0 Å². The normalized spacial score (nSPS) is 23.0. The van der Waals surface area contributed by atoms with Crippen LogP contribution < -0.4 is 4.90 Å². The minimum Gasteiger partial charge on any atom is -0.380 e. The number of carbonyl (C=O) groups is 1. The van der Waals surface area contributed by atoms with E-state index in [1.165, 1.54) is 12.1 Å². The minimum absolute atomic E-state index is 0.256. The number of nitrogens with zero attached hydrogens (tertiary/aromatic N) is 1. The van der Waals surface area contributed by atoms with Gasteiger partial charge in [-0.25, -0.2) is 4.39 Å². The van der Waals surface area contributed by atoms with Crippen molar-refractivity contribution in [3.63, 3.8) is 0 Å². The molecule has 0 bridgehead atoms. The van der Waals surface area contributed by atoms with E-state index in [4.69, 9.17) is 4.74 Å². The number of rotatable bonds is 5. The Bertz CT molecular complexity index is 416. The molecule has 1 fully saturated rings. The molecule has 18 heavy (non-hydrogen) atoms. The Morgan fingerprint density at radius 1 is 1.56 bits per heavy atom. The molecule has 1 saturated heterocycles. The van der Waals surface area contributed by atoms with Gasteiger partial charge in [-0.1, -0.05) is 6.07 Å². The molecule has 0 spiro atoms. The zero-order valence-corrected chi connectivity index (χ0v) is 10.6. The van der Waals surface area contributed by atoms with Gasteiger partial charge in [-0.05, 0) is 31.5 Å². The molecule has 1 aromatic carbocycles.